The number of nitrogens with one attached hydrogen (secondary N) is 1. The largest absolute Gasteiger partial charge is 0.353 e. The highest BCUT2D eigenvalue weighted by atomic mass is 35.5. The highest BCUT2D eigenvalue weighted by Gasteiger charge is 2.61. The van der Waals surface area contributed by atoms with Crippen molar-refractivity contribution in [3.05, 3.63) is 28.2 Å². The normalized spacial score (nSPS) is 31.8. The summed E-state index contributed by atoms with van der Waals surface area (Å²) in [6.45, 7) is 7.59. The first kappa shape index (κ1) is 22.4. The molecule has 2 saturated carbocycles. The Balaban J connectivity index is 1.39. The molecule has 30 heavy (non-hydrogen) atoms. The number of benzene rings is 1. The summed E-state index contributed by atoms with van der Waals surface area (Å²) in [6.07, 6.45) is 4.49. The number of halogens is 2. The van der Waals surface area contributed by atoms with Gasteiger partial charge in [0.15, 0.2) is 0 Å². The molecule has 1 aromatic rings. The Hall–Kier alpha value is -0.820. The number of nitrogens with zero attached hydrogens (tertiary/aromatic N) is 1. The summed E-state index contributed by atoms with van der Waals surface area (Å²) >= 11 is 12.1. The second kappa shape index (κ2) is 7.65. The summed E-state index contributed by atoms with van der Waals surface area (Å²) in [5, 5.41) is 3.82. The van der Waals surface area contributed by atoms with Crippen molar-refractivity contribution in [3.8, 4) is 0 Å². The number of carbonyl (C=O) groups is 1. The fraction of sp³-hybridized carbons (Fsp3) is 0.682. The number of piperidine rings is 1. The van der Waals surface area contributed by atoms with E-state index in [1.165, 1.54) is 22.9 Å². The molecule has 3 aliphatic rings. The van der Waals surface area contributed by atoms with Gasteiger partial charge < -0.3 is 5.32 Å². The van der Waals surface area contributed by atoms with Crippen LogP contribution in [0.1, 0.15) is 52.9 Å². The number of fused-ring (bicyclic) bond motifs is 2. The van der Waals surface area contributed by atoms with Crippen LogP contribution in [0.25, 0.3) is 0 Å². The topological polar surface area (TPSA) is 66.5 Å². The molecule has 1 amide bonds. The molecule has 0 aromatic heterocycles. The molecule has 5 nitrogen and oxygen atoms in total. The zero-order valence-corrected chi connectivity index (χ0v) is 20.1. The van der Waals surface area contributed by atoms with Crippen LogP contribution in [0.2, 0.25) is 10.0 Å². The Bertz CT molecular complexity index is 957. The van der Waals surface area contributed by atoms with Gasteiger partial charge in [0.25, 0.3) is 0 Å². The van der Waals surface area contributed by atoms with Gasteiger partial charge in [-0.1, -0.05) is 44.0 Å². The van der Waals surface area contributed by atoms with Gasteiger partial charge in [0.1, 0.15) is 4.90 Å². The average Bonchev–Trinajstić information content (AvgIpc) is 3.03. The van der Waals surface area contributed by atoms with Crippen molar-refractivity contribution < 1.29 is 13.2 Å². The molecule has 1 heterocycles. The Morgan fingerprint density at radius 1 is 1.13 bits per heavy atom. The Kier molecular flexibility index (Phi) is 5.70. The van der Waals surface area contributed by atoms with E-state index in [9.17, 15) is 13.2 Å². The molecule has 3 fully saturated rings. The lowest BCUT2D eigenvalue weighted by molar-refractivity contribution is -0.127. The number of amides is 1. The summed E-state index contributed by atoms with van der Waals surface area (Å²) < 4.78 is 27.4. The lowest BCUT2D eigenvalue weighted by Crippen LogP contribution is -2.50. The third-order valence-corrected chi connectivity index (χ3v) is 11.1. The third kappa shape index (κ3) is 3.48. The molecule has 0 spiro atoms. The van der Waals surface area contributed by atoms with Gasteiger partial charge in [0.05, 0.1) is 5.02 Å². The van der Waals surface area contributed by atoms with Crippen molar-refractivity contribution in [2.45, 2.75) is 63.8 Å². The molecule has 2 bridgehead atoms. The van der Waals surface area contributed by atoms with E-state index < -0.39 is 10.0 Å². The molecule has 166 valence electrons. The number of carbonyl (C=O) groups excluding carboxylic acids is 1. The zero-order valence-electron chi connectivity index (χ0n) is 17.7. The van der Waals surface area contributed by atoms with Gasteiger partial charge >= 0.3 is 0 Å². The molecular weight excluding hydrogens is 443 g/mol. The van der Waals surface area contributed by atoms with E-state index in [1.807, 2.05) is 0 Å². The van der Waals surface area contributed by atoms with Crippen LogP contribution in [0.15, 0.2) is 23.1 Å². The van der Waals surface area contributed by atoms with Crippen molar-refractivity contribution in [2.24, 2.45) is 22.7 Å². The Labute approximate surface area is 189 Å². The summed E-state index contributed by atoms with van der Waals surface area (Å²) in [5.41, 5.74) is 0.388. The van der Waals surface area contributed by atoms with Crippen LogP contribution >= 0.6 is 23.2 Å². The Morgan fingerprint density at radius 2 is 1.80 bits per heavy atom. The quantitative estimate of drug-likeness (QED) is 0.688. The standard InChI is InChI=1S/C22H30Cl2N2O3S/c1-21(2)15-6-9-22(21,3)19(12-15)25-20(27)14-7-10-26(11-8-14)30(28,29)18-13-16(23)4-5-17(18)24/h4-5,13-15,19H,6-12H2,1-3H3,(H,25,27). The van der Waals surface area contributed by atoms with Gasteiger partial charge in [-0.3, -0.25) is 4.79 Å². The van der Waals surface area contributed by atoms with E-state index in [2.05, 4.69) is 26.1 Å². The SMILES string of the molecule is CC1(C)C2CCC1(C)C(NC(=O)C1CCN(S(=O)(=O)c3cc(Cl)ccc3Cl)CC1)C2. The minimum Gasteiger partial charge on any atom is -0.353 e. The van der Waals surface area contributed by atoms with E-state index in [-0.39, 0.29) is 38.6 Å². The van der Waals surface area contributed by atoms with Crippen LogP contribution in [0.4, 0.5) is 0 Å². The van der Waals surface area contributed by atoms with Crippen LogP contribution in [0.5, 0.6) is 0 Å². The highest BCUT2D eigenvalue weighted by molar-refractivity contribution is 7.89. The summed E-state index contributed by atoms with van der Waals surface area (Å²) in [5.74, 6) is 0.585. The molecule has 1 aliphatic heterocycles. The first-order valence-electron chi connectivity index (χ1n) is 10.7. The van der Waals surface area contributed by atoms with Crippen molar-refractivity contribution in [1.82, 2.24) is 9.62 Å². The maximum atomic E-state index is 13.0. The molecular formula is C22H30Cl2N2O3S. The zero-order chi connectivity index (χ0) is 21.9. The number of sulfonamides is 1. The molecule has 3 atom stereocenters. The van der Waals surface area contributed by atoms with Gasteiger partial charge in [-0.2, -0.15) is 4.31 Å². The number of rotatable bonds is 4. The number of hydrogen-bond acceptors (Lipinski definition) is 3. The van der Waals surface area contributed by atoms with Crippen LogP contribution in [0.3, 0.4) is 0 Å². The molecule has 1 N–H and O–H groups in total. The smallest absolute Gasteiger partial charge is 0.244 e. The second-order valence-electron chi connectivity index (χ2n) is 9.92. The van der Waals surface area contributed by atoms with Crippen LogP contribution < -0.4 is 5.32 Å². The van der Waals surface area contributed by atoms with Gasteiger partial charge in [-0.25, -0.2) is 8.42 Å². The van der Waals surface area contributed by atoms with Gasteiger partial charge in [0, 0.05) is 30.1 Å². The first-order valence-corrected chi connectivity index (χ1v) is 12.9. The molecule has 2 aliphatic carbocycles. The van der Waals surface area contributed by atoms with Gasteiger partial charge in [-0.15, -0.1) is 0 Å². The summed E-state index contributed by atoms with van der Waals surface area (Å²) in [4.78, 5) is 13.0. The first-order chi connectivity index (χ1) is 14.0. The molecule has 0 radical (unpaired) electrons. The Morgan fingerprint density at radius 3 is 2.37 bits per heavy atom. The molecule has 1 saturated heterocycles. The summed E-state index contributed by atoms with van der Waals surface area (Å²) in [6, 6.07) is 4.66. The van der Waals surface area contributed by atoms with E-state index in [0.717, 1.165) is 12.8 Å². The maximum Gasteiger partial charge on any atom is 0.244 e. The predicted molar refractivity (Wildman–Crippen MR) is 119 cm³/mol. The lowest BCUT2D eigenvalue weighted by atomic mass is 9.69. The van der Waals surface area contributed by atoms with Crippen molar-refractivity contribution in [1.29, 1.82) is 0 Å². The maximum absolute atomic E-state index is 13.0. The van der Waals surface area contributed by atoms with Crippen LogP contribution in [-0.2, 0) is 14.8 Å². The minimum atomic E-state index is -3.73. The van der Waals surface area contributed by atoms with E-state index in [0.29, 0.717) is 36.9 Å². The summed E-state index contributed by atoms with van der Waals surface area (Å²) in [7, 11) is -3.73. The van der Waals surface area contributed by atoms with Gasteiger partial charge in [-0.05, 0) is 67.1 Å². The van der Waals surface area contributed by atoms with E-state index in [1.54, 1.807) is 6.07 Å². The van der Waals surface area contributed by atoms with Crippen LogP contribution in [-0.4, -0.2) is 37.8 Å². The molecule has 4 rings (SSSR count). The van der Waals surface area contributed by atoms with E-state index in [4.69, 9.17) is 23.2 Å². The fourth-order valence-electron chi connectivity index (χ4n) is 5.88. The van der Waals surface area contributed by atoms with Crippen molar-refractivity contribution in [3.63, 3.8) is 0 Å². The third-order valence-electron chi connectivity index (χ3n) is 8.45. The average molecular weight is 473 g/mol. The predicted octanol–water partition coefficient (Wildman–Crippen LogP) is 4.73. The monoisotopic (exact) mass is 472 g/mol. The molecule has 8 heteroatoms. The second-order valence-corrected chi connectivity index (χ2v) is 12.7. The molecule has 1 aromatic carbocycles. The number of hydrogen-bond donors (Lipinski definition) is 1. The highest BCUT2D eigenvalue weighted by Crippen LogP contribution is 2.65. The van der Waals surface area contributed by atoms with Gasteiger partial charge in [0.2, 0.25) is 15.9 Å². The minimum absolute atomic E-state index is 0.0247. The lowest BCUT2D eigenvalue weighted by Gasteiger charge is -2.40. The van der Waals surface area contributed by atoms with Crippen LogP contribution in [0, 0.1) is 22.7 Å². The van der Waals surface area contributed by atoms with E-state index >= 15 is 0 Å². The van der Waals surface area contributed by atoms with Crippen molar-refractivity contribution >= 4 is 39.1 Å². The van der Waals surface area contributed by atoms with Crippen molar-refractivity contribution in [2.75, 3.05) is 13.1 Å². The molecule has 3 unspecified atom stereocenters. The fourth-order valence-corrected chi connectivity index (χ4v) is 8.09.